The van der Waals surface area contributed by atoms with E-state index in [0.717, 1.165) is 38.4 Å². The van der Waals surface area contributed by atoms with Crippen LogP contribution in [0.3, 0.4) is 0 Å². The topological polar surface area (TPSA) is 37.2 Å². The van der Waals surface area contributed by atoms with Crippen LogP contribution in [0, 0.1) is 6.92 Å². The molecule has 1 saturated heterocycles. The molecule has 0 N–H and O–H groups in total. The number of rotatable bonds is 15. The first-order valence-corrected chi connectivity index (χ1v) is 17.9. The number of hydrogen-bond acceptors (Lipinski definition) is 5. The lowest BCUT2D eigenvalue weighted by atomic mass is 9.87. The molecule has 1 atom stereocenters. The summed E-state index contributed by atoms with van der Waals surface area (Å²) in [6, 6.07) is 10.7. The maximum Gasteiger partial charge on any atom is 0.435 e. The van der Waals surface area contributed by atoms with E-state index in [1.165, 1.54) is 92.6 Å². The molecule has 0 saturated carbocycles. The van der Waals surface area contributed by atoms with Crippen LogP contribution in [0.15, 0.2) is 41.9 Å². The SMILES string of the molecule is Cc1cc(C(F)(F)F)nn1C=CN1CCC(c2nc(CCCCCCCCCCN(C)[C@H]3CCCc4ccccc43)cs2)CC1. The second-order valence-electron chi connectivity index (χ2n) is 13.1. The Balaban J connectivity index is 0.900. The lowest BCUT2D eigenvalue weighted by Gasteiger charge is -2.33. The molecule has 0 spiro atoms. The number of hydrogen-bond donors (Lipinski definition) is 0. The van der Waals surface area contributed by atoms with E-state index in [0.29, 0.717) is 17.7 Å². The Kier molecular flexibility index (Phi) is 12.2. The molecular formula is C36H50F3N5S. The number of thiazole rings is 1. The van der Waals surface area contributed by atoms with Gasteiger partial charge in [0.05, 0.1) is 10.7 Å². The van der Waals surface area contributed by atoms with Crippen LogP contribution >= 0.6 is 11.3 Å². The lowest BCUT2D eigenvalue weighted by molar-refractivity contribution is -0.141. The third-order valence-electron chi connectivity index (χ3n) is 9.64. The minimum absolute atomic E-state index is 0.468. The zero-order valence-corrected chi connectivity index (χ0v) is 27.9. The highest BCUT2D eigenvalue weighted by atomic mass is 32.1. The number of aryl methyl sites for hydroxylation is 3. The third-order valence-corrected chi connectivity index (χ3v) is 10.7. The highest BCUT2D eigenvalue weighted by molar-refractivity contribution is 7.09. The molecule has 246 valence electrons. The quantitative estimate of drug-likeness (QED) is 0.155. The number of alkyl halides is 3. The summed E-state index contributed by atoms with van der Waals surface area (Å²) in [7, 11) is 2.31. The minimum Gasteiger partial charge on any atom is -0.376 e. The zero-order chi connectivity index (χ0) is 31.6. The van der Waals surface area contributed by atoms with Crippen molar-refractivity contribution in [1.82, 2.24) is 24.6 Å². The van der Waals surface area contributed by atoms with Gasteiger partial charge in [-0.3, -0.25) is 4.90 Å². The molecule has 1 aromatic carbocycles. The van der Waals surface area contributed by atoms with Crippen LogP contribution < -0.4 is 0 Å². The number of fused-ring (bicyclic) bond motifs is 1. The molecule has 45 heavy (non-hydrogen) atoms. The highest BCUT2D eigenvalue weighted by Crippen LogP contribution is 2.34. The van der Waals surface area contributed by atoms with Crippen LogP contribution in [-0.2, 0) is 19.0 Å². The molecule has 1 aliphatic heterocycles. The number of halogens is 3. The molecule has 0 amide bonds. The Morgan fingerprint density at radius 3 is 2.40 bits per heavy atom. The lowest BCUT2D eigenvalue weighted by Crippen LogP contribution is -2.28. The largest absolute Gasteiger partial charge is 0.435 e. The number of benzene rings is 1. The van der Waals surface area contributed by atoms with Crippen LogP contribution in [-0.4, -0.2) is 51.2 Å². The van der Waals surface area contributed by atoms with E-state index in [1.807, 2.05) is 6.20 Å². The molecule has 2 aliphatic rings. The van der Waals surface area contributed by atoms with E-state index in [9.17, 15) is 13.2 Å². The Morgan fingerprint density at radius 1 is 0.956 bits per heavy atom. The van der Waals surface area contributed by atoms with Gasteiger partial charge in [0, 0.05) is 48.5 Å². The van der Waals surface area contributed by atoms with Crippen molar-refractivity contribution in [2.75, 3.05) is 26.7 Å². The highest BCUT2D eigenvalue weighted by Gasteiger charge is 2.34. The van der Waals surface area contributed by atoms with Crippen LogP contribution in [0.25, 0.3) is 6.20 Å². The predicted octanol–water partition coefficient (Wildman–Crippen LogP) is 9.65. The van der Waals surface area contributed by atoms with Gasteiger partial charge in [-0.15, -0.1) is 11.3 Å². The first kappa shape index (κ1) is 33.7. The monoisotopic (exact) mass is 641 g/mol. The van der Waals surface area contributed by atoms with E-state index in [-0.39, 0.29) is 0 Å². The predicted molar refractivity (Wildman–Crippen MR) is 178 cm³/mol. The van der Waals surface area contributed by atoms with Crippen molar-refractivity contribution in [3.05, 3.63) is 75.1 Å². The van der Waals surface area contributed by atoms with Gasteiger partial charge in [0.2, 0.25) is 0 Å². The molecule has 5 rings (SSSR count). The van der Waals surface area contributed by atoms with Gasteiger partial charge < -0.3 is 4.90 Å². The molecule has 2 aromatic heterocycles. The summed E-state index contributed by atoms with van der Waals surface area (Å²) < 4.78 is 40.1. The van der Waals surface area contributed by atoms with Crippen molar-refractivity contribution in [2.45, 2.75) is 115 Å². The third kappa shape index (κ3) is 9.67. The Labute approximate surface area is 271 Å². The van der Waals surface area contributed by atoms with Gasteiger partial charge in [0.15, 0.2) is 5.69 Å². The fourth-order valence-corrected chi connectivity index (χ4v) is 7.95. The molecule has 0 unspecified atom stereocenters. The average molecular weight is 642 g/mol. The van der Waals surface area contributed by atoms with E-state index < -0.39 is 11.9 Å². The zero-order valence-electron chi connectivity index (χ0n) is 27.1. The molecule has 0 bridgehead atoms. The summed E-state index contributed by atoms with van der Waals surface area (Å²) in [4.78, 5) is 9.73. The summed E-state index contributed by atoms with van der Waals surface area (Å²) in [5.74, 6) is 0.468. The normalized spacial score (nSPS) is 17.9. The van der Waals surface area contributed by atoms with E-state index in [1.54, 1.807) is 35.6 Å². The first-order valence-electron chi connectivity index (χ1n) is 17.1. The van der Waals surface area contributed by atoms with E-state index in [2.05, 4.69) is 51.6 Å². The van der Waals surface area contributed by atoms with Gasteiger partial charge in [-0.25, -0.2) is 9.67 Å². The van der Waals surface area contributed by atoms with Crippen molar-refractivity contribution in [2.24, 2.45) is 0 Å². The summed E-state index contributed by atoms with van der Waals surface area (Å²) in [5, 5.41) is 7.16. The molecular weight excluding hydrogens is 591 g/mol. The van der Waals surface area contributed by atoms with Crippen molar-refractivity contribution >= 4 is 17.5 Å². The first-order chi connectivity index (χ1) is 21.8. The molecule has 3 aromatic rings. The van der Waals surface area contributed by atoms with Gasteiger partial charge >= 0.3 is 6.18 Å². The van der Waals surface area contributed by atoms with Gasteiger partial charge in [0.25, 0.3) is 0 Å². The minimum atomic E-state index is -4.42. The van der Waals surface area contributed by atoms with Gasteiger partial charge in [-0.05, 0) is 89.1 Å². The number of piperidine rings is 1. The van der Waals surface area contributed by atoms with Crippen molar-refractivity contribution in [3.63, 3.8) is 0 Å². The van der Waals surface area contributed by atoms with Gasteiger partial charge in [-0.2, -0.15) is 18.3 Å². The average Bonchev–Trinajstić information content (AvgIpc) is 3.67. The maximum atomic E-state index is 12.9. The fourth-order valence-electron chi connectivity index (χ4n) is 6.93. The Hall–Kier alpha value is -2.65. The molecule has 0 radical (unpaired) electrons. The number of nitrogens with zero attached hydrogens (tertiary/aromatic N) is 5. The molecule has 3 heterocycles. The summed E-state index contributed by atoms with van der Waals surface area (Å²) in [6.45, 7) is 4.58. The molecule has 5 nitrogen and oxygen atoms in total. The van der Waals surface area contributed by atoms with E-state index in [4.69, 9.17) is 4.98 Å². The van der Waals surface area contributed by atoms with Gasteiger partial charge in [-0.1, -0.05) is 62.8 Å². The summed E-state index contributed by atoms with van der Waals surface area (Å²) in [6.07, 6.45) is 16.5. The van der Waals surface area contributed by atoms with E-state index >= 15 is 0 Å². The van der Waals surface area contributed by atoms with Crippen molar-refractivity contribution < 1.29 is 13.2 Å². The van der Waals surface area contributed by atoms with Crippen molar-refractivity contribution in [1.29, 1.82) is 0 Å². The standard InChI is InChI=1S/C36H50F3N5S/c1-28-26-34(36(37,38)39)41-44(28)25-24-43-22-19-30(20-23-43)35-40-31(27-45-35)16-9-7-5-3-4-6-8-12-21-42(2)33-18-13-15-29-14-10-11-17-32(29)33/h10-11,14,17,24-27,30,33H,3-9,12-13,15-16,18-23H2,1-2H3/t33-/m0/s1. The van der Waals surface area contributed by atoms with Crippen LogP contribution in [0.1, 0.15) is 122 Å². The second-order valence-corrected chi connectivity index (χ2v) is 14.0. The van der Waals surface area contributed by atoms with Crippen LogP contribution in [0.2, 0.25) is 0 Å². The van der Waals surface area contributed by atoms with Crippen molar-refractivity contribution in [3.8, 4) is 0 Å². The second kappa shape index (κ2) is 16.3. The molecule has 1 aliphatic carbocycles. The molecule has 9 heteroatoms. The van der Waals surface area contributed by atoms with Crippen LogP contribution in [0.5, 0.6) is 0 Å². The van der Waals surface area contributed by atoms with Gasteiger partial charge in [0.1, 0.15) is 0 Å². The number of likely N-dealkylation sites (tertiary alicyclic amines) is 1. The maximum absolute atomic E-state index is 12.9. The molecule has 1 fully saturated rings. The Bertz CT molecular complexity index is 1350. The Morgan fingerprint density at radius 2 is 1.67 bits per heavy atom. The summed E-state index contributed by atoms with van der Waals surface area (Å²) in [5.41, 5.74) is 3.97. The van der Waals surface area contributed by atoms with Crippen LogP contribution in [0.4, 0.5) is 13.2 Å². The summed E-state index contributed by atoms with van der Waals surface area (Å²) >= 11 is 1.79. The number of unbranched alkanes of at least 4 members (excludes halogenated alkanes) is 7. The number of aromatic nitrogens is 3. The smallest absolute Gasteiger partial charge is 0.376 e. The fraction of sp³-hybridized carbons (Fsp3) is 0.611.